The number of methoxy groups -OCH3 is 2. The van der Waals surface area contributed by atoms with E-state index in [1.165, 1.54) is 7.11 Å². The minimum absolute atomic E-state index is 0.00954. The van der Waals surface area contributed by atoms with E-state index >= 15 is 0 Å². The van der Waals surface area contributed by atoms with Crippen LogP contribution in [0.1, 0.15) is 24.5 Å². The molecule has 0 fully saturated rings. The molecule has 1 atom stereocenters. The number of phenols is 1. The molecule has 1 N–H and O–H groups in total. The highest BCUT2D eigenvalue weighted by Gasteiger charge is 2.31. The van der Waals surface area contributed by atoms with Gasteiger partial charge in [0.05, 0.1) is 34.4 Å². The van der Waals surface area contributed by atoms with Gasteiger partial charge in [0.25, 0.3) is 0 Å². The Morgan fingerprint density at radius 1 is 1.11 bits per heavy atom. The Hall–Kier alpha value is -2.66. The van der Waals surface area contributed by atoms with Crippen molar-refractivity contribution in [3.8, 4) is 23.0 Å². The predicted molar refractivity (Wildman–Crippen MR) is 109 cm³/mol. The number of benzene rings is 3. The molecule has 1 unspecified atom stereocenters. The average molecular weight is 381 g/mol. The lowest BCUT2D eigenvalue weighted by atomic mass is 9.88. The summed E-state index contributed by atoms with van der Waals surface area (Å²) in [5.74, 6) is 0.849. The van der Waals surface area contributed by atoms with Crippen molar-refractivity contribution < 1.29 is 24.2 Å². The van der Waals surface area contributed by atoms with Crippen LogP contribution in [0.15, 0.2) is 24.3 Å². The monoisotopic (exact) mass is 381 g/mol. The molecule has 0 saturated heterocycles. The second-order valence-electron chi connectivity index (χ2n) is 8.03. The van der Waals surface area contributed by atoms with E-state index in [-0.39, 0.29) is 11.5 Å². The van der Waals surface area contributed by atoms with Gasteiger partial charge in [0.1, 0.15) is 12.3 Å². The van der Waals surface area contributed by atoms with E-state index in [1.807, 2.05) is 6.07 Å². The third kappa shape index (κ3) is 2.73. The zero-order chi connectivity index (χ0) is 20.1. The molecular formula is C23H27NO4. The van der Waals surface area contributed by atoms with Gasteiger partial charge in [-0.15, -0.1) is 0 Å². The quantitative estimate of drug-likeness (QED) is 0.553. The van der Waals surface area contributed by atoms with Crippen molar-refractivity contribution in [1.29, 1.82) is 0 Å². The summed E-state index contributed by atoms with van der Waals surface area (Å²) in [5, 5.41) is 27.1. The molecular weight excluding hydrogens is 354 g/mol. The number of phenolic OH excluding ortho intramolecular Hbond substituents is 1. The molecule has 0 aromatic heterocycles. The minimum atomic E-state index is -0.00954. The fourth-order valence-electron chi connectivity index (χ4n) is 4.77. The average Bonchev–Trinajstić information content (AvgIpc) is 2.68. The summed E-state index contributed by atoms with van der Waals surface area (Å²) in [6.07, 6.45) is 1.97. The van der Waals surface area contributed by atoms with E-state index < -0.39 is 0 Å². The van der Waals surface area contributed by atoms with Crippen molar-refractivity contribution in [2.75, 3.05) is 34.4 Å². The molecule has 0 saturated carbocycles. The maximum Gasteiger partial charge on any atom is 0.161 e. The lowest BCUT2D eigenvalue weighted by molar-refractivity contribution is -0.924. The van der Waals surface area contributed by atoms with Gasteiger partial charge in [0, 0.05) is 17.4 Å². The van der Waals surface area contributed by atoms with E-state index in [2.05, 4.69) is 20.0 Å². The first kappa shape index (κ1) is 18.7. The number of hydrogen-bond acceptors (Lipinski definition) is 4. The first-order chi connectivity index (χ1) is 13.4. The minimum Gasteiger partial charge on any atom is -0.870 e. The van der Waals surface area contributed by atoms with Crippen LogP contribution in [0.5, 0.6) is 23.0 Å². The van der Waals surface area contributed by atoms with Crippen LogP contribution < -0.4 is 14.6 Å². The van der Waals surface area contributed by atoms with Gasteiger partial charge in [-0.1, -0.05) is 24.8 Å². The van der Waals surface area contributed by atoms with Gasteiger partial charge in [-0.2, -0.15) is 0 Å². The number of rotatable bonds is 4. The maximum atomic E-state index is 13.4. The van der Waals surface area contributed by atoms with Gasteiger partial charge in [-0.3, -0.25) is 0 Å². The second-order valence-corrected chi connectivity index (χ2v) is 8.03. The Morgan fingerprint density at radius 3 is 2.57 bits per heavy atom. The lowest BCUT2D eigenvalue weighted by Gasteiger charge is -2.41. The summed E-state index contributed by atoms with van der Waals surface area (Å²) in [4.78, 5) is 0. The lowest BCUT2D eigenvalue weighted by Crippen LogP contribution is -2.48. The fraction of sp³-hybridized carbons (Fsp3) is 0.391. The van der Waals surface area contributed by atoms with Crippen molar-refractivity contribution >= 4 is 21.5 Å². The number of fused-ring (bicyclic) bond motifs is 5. The van der Waals surface area contributed by atoms with Crippen LogP contribution >= 0.6 is 0 Å². The van der Waals surface area contributed by atoms with Crippen molar-refractivity contribution in [1.82, 2.24) is 0 Å². The smallest absolute Gasteiger partial charge is 0.161 e. The molecule has 148 valence electrons. The Balaban J connectivity index is 2.06. The number of hydrogen-bond donors (Lipinski definition) is 1. The van der Waals surface area contributed by atoms with Crippen molar-refractivity contribution in [3.63, 3.8) is 0 Å². The van der Waals surface area contributed by atoms with Crippen molar-refractivity contribution in [2.45, 2.75) is 26.3 Å². The zero-order valence-corrected chi connectivity index (χ0v) is 17.0. The molecule has 5 heteroatoms. The van der Waals surface area contributed by atoms with Crippen LogP contribution in [0, 0.1) is 0 Å². The highest BCUT2D eigenvalue weighted by Crippen LogP contribution is 2.47. The van der Waals surface area contributed by atoms with Gasteiger partial charge < -0.3 is 24.2 Å². The molecule has 1 aliphatic heterocycles. The Labute approximate surface area is 165 Å². The third-order valence-corrected chi connectivity index (χ3v) is 6.13. The van der Waals surface area contributed by atoms with Crippen LogP contribution in [0.4, 0.5) is 0 Å². The van der Waals surface area contributed by atoms with Gasteiger partial charge >= 0.3 is 0 Å². The molecule has 5 nitrogen and oxygen atoms in total. The first-order valence-corrected chi connectivity index (χ1v) is 9.78. The maximum absolute atomic E-state index is 13.4. The molecule has 0 aliphatic carbocycles. The molecule has 0 spiro atoms. The molecule has 3 aromatic carbocycles. The zero-order valence-electron chi connectivity index (χ0n) is 17.0. The second kappa shape index (κ2) is 6.74. The summed E-state index contributed by atoms with van der Waals surface area (Å²) < 4.78 is 11.8. The van der Waals surface area contributed by atoms with Crippen LogP contribution in [-0.4, -0.2) is 43.9 Å². The summed E-state index contributed by atoms with van der Waals surface area (Å²) in [6, 6.07) is 7.52. The van der Waals surface area contributed by atoms with Gasteiger partial charge in [-0.05, 0) is 40.3 Å². The molecule has 0 radical (unpaired) electrons. The molecule has 1 aliphatic rings. The molecule has 0 amide bonds. The van der Waals surface area contributed by atoms with Crippen LogP contribution in [-0.2, 0) is 13.0 Å². The van der Waals surface area contributed by atoms with E-state index in [9.17, 15) is 10.2 Å². The highest BCUT2D eigenvalue weighted by atomic mass is 16.5. The van der Waals surface area contributed by atoms with E-state index in [1.54, 1.807) is 19.2 Å². The topological polar surface area (TPSA) is 61.8 Å². The largest absolute Gasteiger partial charge is 0.870 e. The Bertz CT molecular complexity index is 1080. The van der Waals surface area contributed by atoms with Gasteiger partial charge in [-0.25, -0.2) is 0 Å². The molecule has 4 rings (SSSR count). The van der Waals surface area contributed by atoms with Crippen LogP contribution in [0.25, 0.3) is 21.5 Å². The summed E-state index contributed by atoms with van der Waals surface area (Å²) in [5.41, 5.74) is 2.03. The highest BCUT2D eigenvalue weighted by molar-refractivity contribution is 6.13. The van der Waals surface area contributed by atoms with Gasteiger partial charge in [0.15, 0.2) is 11.5 Å². The number of aromatic hydroxyl groups is 1. The molecule has 3 aromatic rings. The summed E-state index contributed by atoms with van der Waals surface area (Å²) in [6.45, 7) is 5.02. The standard InChI is InChI=1S/C23H27NO4/c1-5-9-24(2)10-8-15-16-7-6-14-11-19(25)20(27-3)12-17(14)21(16)23(28-4)22(26)18(15)13-24/h6-7,11-12H,5,8-10,13H2,1-4H3,(H-,25,26). The SMILES string of the molecule is CCC[N+]1(C)CCc2c(c([O-])c(OC)c3c2ccc2cc(O)c(OC)cc23)C1. The molecule has 1 heterocycles. The normalized spacial score (nSPS) is 19.0. The number of likely N-dealkylation sites (N-methyl/N-ethyl adjacent to an activating group) is 1. The van der Waals surface area contributed by atoms with Crippen molar-refractivity contribution in [2.24, 2.45) is 0 Å². The Kier molecular flexibility index (Phi) is 4.50. The van der Waals surface area contributed by atoms with Gasteiger partial charge in [0.2, 0.25) is 0 Å². The molecule has 0 bridgehead atoms. The number of ether oxygens (including phenoxy) is 2. The fourth-order valence-corrected chi connectivity index (χ4v) is 4.77. The van der Waals surface area contributed by atoms with Crippen LogP contribution in [0.3, 0.4) is 0 Å². The Morgan fingerprint density at radius 2 is 1.89 bits per heavy atom. The third-order valence-electron chi connectivity index (χ3n) is 6.13. The summed E-state index contributed by atoms with van der Waals surface area (Å²) >= 11 is 0. The van der Waals surface area contributed by atoms with Crippen LogP contribution in [0.2, 0.25) is 0 Å². The number of nitrogens with zero attached hydrogens (tertiary/aromatic N) is 1. The van der Waals surface area contributed by atoms with Crippen molar-refractivity contribution in [3.05, 3.63) is 35.4 Å². The molecule has 28 heavy (non-hydrogen) atoms. The van der Waals surface area contributed by atoms with E-state index in [4.69, 9.17) is 9.47 Å². The van der Waals surface area contributed by atoms with E-state index in [0.29, 0.717) is 11.5 Å². The van der Waals surface area contributed by atoms with E-state index in [0.717, 1.165) is 69.6 Å². The summed E-state index contributed by atoms with van der Waals surface area (Å²) in [7, 11) is 5.31. The first-order valence-electron chi connectivity index (χ1n) is 9.78. The predicted octanol–water partition coefficient (Wildman–Crippen LogP) is 3.70. The number of quaternary nitrogens is 1.